The standard InChI is InChI=1S/C31H29N3O4S2/c1-20-16-24(36-2)12-13-26(20)29-22(19-34(32-29)23-8-6-5-7-9-23)17-28-30(35)33(31(39)40-28)15-14-21-10-11-25(37-3)18-27(21)38-4/h5-13,16-19H,14-15H2,1-4H3/b28-17-. The van der Waals surface area contributed by atoms with E-state index >= 15 is 0 Å². The van der Waals surface area contributed by atoms with Crippen molar-refractivity contribution < 1.29 is 19.0 Å². The highest BCUT2D eigenvalue weighted by Gasteiger charge is 2.32. The molecule has 1 saturated heterocycles. The molecule has 1 aliphatic rings. The van der Waals surface area contributed by atoms with Crippen molar-refractivity contribution in [2.24, 2.45) is 0 Å². The van der Waals surface area contributed by atoms with Gasteiger partial charge in [0.25, 0.3) is 5.91 Å². The molecular weight excluding hydrogens is 542 g/mol. The monoisotopic (exact) mass is 571 g/mol. The number of ether oxygens (including phenoxy) is 3. The molecule has 4 aromatic rings. The van der Waals surface area contributed by atoms with Crippen molar-refractivity contribution in [2.45, 2.75) is 13.3 Å². The van der Waals surface area contributed by atoms with Gasteiger partial charge in [0, 0.05) is 29.9 Å². The van der Waals surface area contributed by atoms with E-state index in [0.29, 0.717) is 33.7 Å². The fourth-order valence-corrected chi connectivity index (χ4v) is 5.87. The number of carbonyl (C=O) groups is 1. The van der Waals surface area contributed by atoms with Crippen LogP contribution >= 0.6 is 24.0 Å². The second-order valence-corrected chi connectivity index (χ2v) is 10.8. The molecule has 2 heterocycles. The van der Waals surface area contributed by atoms with Crippen molar-refractivity contribution in [3.05, 3.63) is 94.5 Å². The van der Waals surface area contributed by atoms with Crippen LogP contribution in [0.5, 0.6) is 17.2 Å². The number of hydrogen-bond acceptors (Lipinski definition) is 7. The molecule has 0 radical (unpaired) electrons. The summed E-state index contributed by atoms with van der Waals surface area (Å²) in [6.07, 6.45) is 4.43. The lowest BCUT2D eigenvalue weighted by Crippen LogP contribution is -2.30. The van der Waals surface area contributed by atoms with Crippen molar-refractivity contribution in [3.8, 4) is 34.2 Å². The average Bonchev–Trinajstić information content (AvgIpc) is 3.51. The van der Waals surface area contributed by atoms with Crippen molar-refractivity contribution in [3.63, 3.8) is 0 Å². The van der Waals surface area contributed by atoms with Crippen molar-refractivity contribution in [1.82, 2.24) is 14.7 Å². The van der Waals surface area contributed by atoms with E-state index < -0.39 is 0 Å². The Bertz CT molecular complexity index is 1600. The molecule has 1 aromatic heterocycles. The number of carbonyl (C=O) groups excluding carboxylic acids is 1. The van der Waals surface area contributed by atoms with E-state index in [-0.39, 0.29) is 5.91 Å². The van der Waals surface area contributed by atoms with Crippen molar-refractivity contribution in [2.75, 3.05) is 27.9 Å². The number of thiocarbonyl (C=S) groups is 1. The number of benzene rings is 3. The maximum atomic E-state index is 13.5. The molecule has 0 aliphatic carbocycles. The zero-order chi connectivity index (χ0) is 28.2. The van der Waals surface area contributed by atoms with Gasteiger partial charge in [0.2, 0.25) is 0 Å². The van der Waals surface area contributed by atoms with Gasteiger partial charge in [-0.2, -0.15) is 5.10 Å². The molecule has 9 heteroatoms. The van der Waals surface area contributed by atoms with Crippen molar-refractivity contribution >= 4 is 40.3 Å². The van der Waals surface area contributed by atoms with Crippen LogP contribution in [0.1, 0.15) is 16.7 Å². The van der Waals surface area contributed by atoms with Crippen LogP contribution in [0.25, 0.3) is 23.0 Å². The first-order chi connectivity index (χ1) is 19.4. The largest absolute Gasteiger partial charge is 0.497 e. The molecule has 0 N–H and O–H groups in total. The summed E-state index contributed by atoms with van der Waals surface area (Å²) in [5.41, 5.74) is 5.49. The Labute approximate surface area is 243 Å². The van der Waals surface area contributed by atoms with Crippen LogP contribution in [0.15, 0.2) is 77.8 Å². The fraction of sp³-hybridized carbons (Fsp3) is 0.194. The Hall–Kier alpha value is -4.08. The summed E-state index contributed by atoms with van der Waals surface area (Å²) in [6.45, 7) is 2.47. The van der Waals surface area contributed by atoms with Gasteiger partial charge in [-0.25, -0.2) is 4.68 Å². The average molecular weight is 572 g/mol. The lowest BCUT2D eigenvalue weighted by atomic mass is 10.0. The molecule has 40 heavy (non-hydrogen) atoms. The van der Waals surface area contributed by atoms with E-state index in [1.54, 1.807) is 26.2 Å². The van der Waals surface area contributed by atoms with E-state index in [0.717, 1.165) is 39.4 Å². The molecule has 5 rings (SSSR count). The van der Waals surface area contributed by atoms with Gasteiger partial charge in [0.05, 0.1) is 31.9 Å². The summed E-state index contributed by atoms with van der Waals surface area (Å²) < 4.78 is 18.6. The molecule has 204 valence electrons. The molecule has 0 bridgehead atoms. The summed E-state index contributed by atoms with van der Waals surface area (Å²) in [7, 11) is 4.89. The van der Waals surface area contributed by atoms with Gasteiger partial charge in [0.15, 0.2) is 0 Å². The number of rotatable bonds is 9. The van der Waals surface area contributed by atoms with Gasteiger partial charge in [-0.1, -0.05) is 48.2 Å². The highest BCUT2D eigenvalue weighted by Crippen LogP contribution is 2.36. The molecule has 0 saturated carbocycles. The molecule has 0 spiro atoms. The van der Waals surface area contributed by atoms with Crippen LogP contribution < -0.4 is 14.2 Å². The van der Waals surface area contributed by atoms with E-state index in [1.807, 2.05) is 90.6 Å². The quantitative estimate of drug-likeness (QED) is 0.172. The van der Waals surface area contributed by atoms with Gasteiger partial charge in [-0.15, -0.1) is 0 Å². The Morgan fingerprint density at radius 2 is 1.68 bits per heavy atom. The predicted molar refractivity (Wildman–Crippen MR) is 163 cm³/mol. The molecule has 3 aromatic carbocycles. The van der Waals surface area contributed by atoms with Gasteiger partial charge in [-0.05, 0) is 66.9 Å². The minimum atomic E-state index is -0.118. The molecule has 0 unspecified atom stereocenters. The topological polar surface area (TPSA) is 65.8 Å². The summed E-state index contributed by atoms with van der Waals surface area (Å²) in [4.78, 5) is 15.7. The van der Waals surface area contributed by atoms with Crippen LogP contribution in [0.4, 0.5) is 0 Å². The Morgan fingerprint density at radius 1 is 0.950 bits per heavy atom. The Balaban J connectivity index is 1.46. The minimum absolute atomic E-state index is 0.118. The zero-order valence-electron chi connectivity index (χ0n) is 22.7. The van der Waals surface area contributed by atoms with Crippen LogP contribution in [0, 0.1) is 6.92 Å². The van der Waals surface area contributed by atoms with Crippen LogP contribution in [-0.4, -0.2) is 52.8 Å². The second-order valence-electron chi connectivity index (χ2n) is 9.16. The maximum absolute atomic E-state index is 13.5. The van der Waals surface area contributed by atoms with Crippen LogP contribution in [0.3, 0.4) is 0 Å². The normalized spacial score (nSPS) is 14.2. The summed E-state index contributed by atoms with van der Waals surface area (Å²) >= 11 is 6.93. The molecule has 0 atom stereocenters. The highest BCUT2D eigenvalue weighted by atomic mass is 32.2. The SMILES string of the molecule is COc1ccc(-c2nn(-c3ccccc3)cc2/C=C2\SC(=S)N(CCc3ccc(OC)cc3OC)C2=O)c(C)c1. The van der Waals surface area contributed by atoms with E-state index in [1.165, 1.54) is 11.8 Å². The maximum Gasteiger partial charge on any atom is 0.266 e. The Kier molecular flexibility index (Phi) is 8.23. The second kappa shape index (κ2) is 12.0. The lowest BCUT2D eigenvalue weighted by molar-refractivity contribution is -0.122. The van der Waals surface area contributed by atoms with E-state index in [2.05, 4.69) is 0 Å². The number of methoxy groups -OCH3 is 3. The molecular formula is C31H29N3O4S2. The number of amides is 1. The first-order valence-corrected chi connectivity index (χ1v) is 13.9. The summed E-state index contributed by atoms with van der Waals surface area (Å²) in [5, 5.41) is 4.92. The molecule has 1 amide bonds. The third kappa shape index (κ3) is 5.61. The van der Waals surface area contributed by atoms with E-state index in [4.69, 9.17) is 31.5 Å². The first-order valence-electron chi connectivity index (χ1n) is 12.7. The van der Waals surface area contributed by atoms with Crippen molar-refractivity contribution in [1.29, 1.82) is 0 Å². The molecule has 1 aliphatic heterocycles. The van der Waals surface area contributed by atoms with Gasteiger partial charge in [0.1, 0.15) is 27.3 Å². The third-order valence-electron chi connectivity index (χ3n) is 6.71. The number of aryl methyl sites for hydroxylation is 1. The number of nitrogens with zero attached hydrogens (tertiary/aromatic N) is 3. The Morgan fingerprint density at radius 3 is 2.38 bits per heavy atom. The van der Waals surface area contributed by atoms with Gasteiger partial charge in [-0.3, -0.25) is 9.69 Å². The minimum Gasteiger partial charge on any atom is -0.497 e. The smallest absolute Gasteiger partial charge is 0.266 e. The van der Waals surface area contributed by atoms with Crippen LogP contribution in [0.2, 0.25) is 0 Å². The summed E-state index contributed by atoms with van der Waals surface area (Å²) in [5.74, 6) is 2.09. The number of thioether (sulfide) groups is 1. The molecule has 1 fully saturated rings. The third-order valence-corrected chi connectivity index (χ3v) is 8.09. The van der Waals surface area contributed by atoms with Crippen LogP contribution in [-0.2, 0) is 11.2 Å². The predicted octanol–water partition coefficient (Wildman–Crippen LogP) is 6.32. The van der Waals surface area contributed by atoms with Gasteiger partial charge >= 0.3 is 0 Å². The summed E-state index contributed by atoms with van der Waals surface area (Å²) in [6, 6.07) is 21.5. The number of hydrogen-bond donors (Lipinski definition) is 0. The number of aromatic nitrogens is 2. The highest BCUT2D eigenvalue weighted by molar-refractivity contribution is 8.26. The zero-order valence-corrected chi connectivity index (χ0v) is 24.3. The fourth-order valence-electron chi connectivity index (χ4n) is 4.57. The van der Waals surface area contributed by atoms with Gasteiger partial charge < -0.3 is 14.2 Å². The first kappa shape index (κ1) is 27.5. The molecule has 7 nitrogen and oxygen atoms in total. The van der Waals surface area contributed by atoms with E-state index in [9.17, 15) is 4.79 Å². The lowest BCUT2D eigenvalue weighted by Gasteiger charge is -2.16. The number of para-hydroxylation sites is 1.